The van der Waals surface area contributed by atoms with Crippen LogP contribution in [0.15, 0.2) is 36.4 Å². The Morgan fingerprint density at radius 2 is 2.00 bits per heavy atom. The fourth-order valence-corrected chi connectivity index (χ4v) is 1.53. The summed E-state index contributed by atoms with van der Waals surface area (Å²) in [5.74, 6) is 0. The summed E-state index contributed by atoms with van der Waals surface area (Å²) in [5, 5.41) is 8.80. The number of carbonyl (C=O) groups excluding carboxylic acids is 1. The molecule has 66 valence electrons. The molecule has 0 spiro atoms. The molecule has 0 saturated heterocycles. The van der Waals surface area contributed by atoms with Gasteiger partial charge in [-0.3, -0.25) is 4.79 Å². The Labute approximate surface area is 81.8 Å². The molecular formula is C12H7NO. The highest BCUT2D eigenvalue weighted by molar-refractivity contribution is 5.93. The highest BCUT2D eigenvalue weighted by Crippen LogP contribution is 2.29. The van der Waals surface area contributed by atoms with Crippen LogP contribution >= 0.6 is 0 Å². The fourth-order valence-electron chi connectivity index (χ4n) is 1.53. The molecule has 0 amide bonds. The van der Waals surface area contributed by atoms with Gasteiger partial charge in [0.15, 0.2) is 6.29 Å². The molecule has 0 unspecified atom stereocenters. The van der Waals surface area contributed by atoms with Crippen LogP contribution in [0.1, 0.15) is 15.9 Å². The summed E-state index contributed by atoms with van der Waals surface area (Å²) in [6, 6.07) is 13.1. The topological polar surface area (TPSA) is 40.9 Å². The highest BCUT2D eigenvalue weighted by atomic mass is 16.1. The highest BCUT2D eigenvalue weighted by Gasteiger charge is 2.13. The van der Waals surface area contributed by atoms with Crippen molar-refractivity contribution in [2.75, 3.05) is 0 Å². The Balaban J connectivity index is 2.82. The predicted molar refractivity (Wildman–Crippen MR) is 53.2 cm³/mol. The molecule has 0 radical (unpaired) electrons. The van der Waals surface area contributed by atoms with E-state index < -0.39 is 0 Å². The van der Waals surface area contributed by atoms with Gasteiger partial charge in [-0.1, -0.05) is 30.3 Å². The molecule has 2 aliphatic rings. The number of nitrogens with zero attached hydrogens (tertiary/aromatic N) is 1. The van der Waals surface area contributed by atoms with Crippen molar-refractivity contribution in [3.05, 3.63) is 47.5 Å². The molecule has 0 bridgehead atoms. The zero-order valence-electron chi connectivity index (χ0n) is 7.40. The molecule has 2 rings (SSSR count). The number of rotatable bonds is 1. The van der Waals surface area contributed by atoms with Crippen LogP contribution in [0, 0.1) is 11.3 Å². The van der Waals surface area contributed by atoms with Crippen LogP contribution in [0.4, 0.5) is 0 Å². The van der Waals surface area contributed by atoms with Gasteiger partial charge in [0.05, 0.1) is 11.6 Å². The fraction of sp³-hybridized carbons (Fsp3) is 0. The second-order valence-corrected chi connectivity index (χ2v) is 2.98. The van der Waals surface area contributed by atoms with Crippen LogP contribution in [-0.2, 0) is 0 Å². The third kappa shape index (κ3) is 1.16. The largest absolute Gasteiger partial charge is 0.298 e. The minimum absolute atomic E-state index is 0.446. The Hall–Kier alpha value is -2.14. The van der Waals surface area contributed by atoms with Gasteiger partial charge in [0.2, 0.25) is 0 Å². The van der Waals surface area contributed by atoms with Gasteiger partial charge in [-0.15, -0.1) is 0 Å². The van der Waals surface area contributed by atoms with Gasteiger partial charge in [-0.2, -0.15) is 5.26 Å². The van der Waals surface area contributed by atoms with E-state index in [2.05, 4.69) is 0 Å². The van der Waals surface area contributed by atoms with E-state index in [0.717, 1.165) is 17.4 Å². The van der Waals surface area contributed by atoms with Gasteiger partial charge in [-0.05, 0) is 17.2 Å². The monoisotopic (exact) mass is 181 g/mol. The van der Waals surface area contributed by atoms with Crippen molar-refractivity contribution in [3.63, 3.8) is 0 Å². The van der Waals surface area contributed by atoms with Crippen LogP contribution in [-0.4, -0.2) is 6.29 Å². The van der Waals surface area contributed by atoms with Crippen LogP contribution in [0.5, 0.6) is 0 Å². The maximum atomic E-state index is 10.8. The standard InChI is InChI=1S/C12H7NO/c13-7-10-6-9-4-2-1-3-5-11(9)12(10)8-14/h1-6,8H. The third-order valence-corrected chi connectivity index (χ3v) is 2.19. The summed E-state index contributed by atoms with van der Waals surface area (Å²) in [6.07, 6.45) is 0.737. The predicted octanol–water partition coefficient (Wildman–Crippen LogP) is 2.48. The lowest BCUT2D eigenvalue weighted by atomic mass is 10.1. The minimum Gasteiger partial charge on any atom is -0.298 e. The van der Waals surface area contributed by atoms with Crippen LogP contribution in [0.25, 0.3) is 11.1 Å². The smallest absolute Gasteiger partial charge is 0.152 e. The summed E-state index contributed by atoms with van der Waals surface area (Å²) in [4.78, 5) is 10.8. The zero-order chi connectivity index (χ0) is 9.97. The average Bonchev–Trinajstić information content (AvgIpc) is 2.39. The number of hydrogen-bond acceptors (Lipinski definition) is 2. The van der Waals surface area contributed by atoms with E-state index in [-0.39, 0.29) is 0 Å². The summed E-state index contributed by atoms with van der Waals surface area (Å²) in [7, 11) is 0. The molecule has 0 atom stereocenters. The Morgan fingerprint density at radius 3 is 2.71 bits per heavy atom. The normalized spacial score (nSPS) is 9.64. The number of fused-ring (bicyclic) bond motifs is 1. The first-order valence-electron chi connectivity index (χ1n) is 4.24. The second kappa shape index (κ2) is 3.31. The SMILES string of the molecule is N#Cc1cc2cccccc-2c1C=O. The molecule has 0 N–H and O–H groups in total. The Morgan fingerprint density at radius 1 is 1.21 bits per heavy atom. The average molecular weight is 181 g/mol. The van der Waals surface area contributed by atoms with Crippen molar-refractivity contribution in [2.24, 2.45) is 0 Å². The lowest BCUT2D eigenvalue weighted by Crippen LogP contribution is -1.80. The van der Waals surface area contributed by atoms with Gasteiger partial charge < -0.3 is 0 Å². The molecule has 0 aromatic heterocycles. The molecule has 2 aliphatic carbocycles. The van der Waals surface area contributed by atoms with E-state index in [1.807, 2.05) is 36.4 Å². The molecule has 14 heavy (non-hydrogen) atoms. The zero-order valence-corrected chi connectivity index (χ0v) is 7.40. The quantitative estimate of drug-likeness (QED) is 0.634. The summed E-state index contributed by atoms with van der Waals surface area (Å²) < 4.78 is 0. The van der Waals surface area contributed by atoms with E-state index in [1.54, 1.807) is 6.07 Å². The first-order valence-corrected chi connectivity index (χ1v) is 4.24. The van der Waals surface area contributed by atoms with Gasteiger partial charge in [-0.25, -0.2) is 0 Å². The Bertz CT molecular complexity index is 496. The number of nitriles is 1. The molecule has 0 aliphatic heterocycles. The number of carbonyl (C=O) groups is 1. The van der Waals surface area contributed by atoms with E-state index in [4.69, 9.17) is 5.26 Å². The first-order chi connectivity index (χ1) is 6.86. The molecule has 0 heterocycles. The lowest BCUT2D eigenvalue weighted by molar-refractivity contribution is 0.112. The molecule has 2 nitrogen and oxygen atoms in total. The maximum absolute atomic E-state index is 10.8. The van der Waals surface area contributed by atoms with Crippen molar-refractivity contribution in [3.8, 4) is 17.2 Å². The third-order valence-electron chi connectivity index (χ3n) is 2.19. The van der Waals surface area contributed by atoms with Crippen molar-refractivity contribution in [2.45, 2.75) is 0 Å². The summed E-state index contributed by atoms with van der Waals surface area (Å²) >= 11 is 0. The van der Waals surface area contributed by atoms with E-state index in [1.165, 1.54) is 0 Å². The van der Waals surface area contributed by atoms with Crippen molar-refractivity contribution in [1.29, 1.82) is 5.26 Å². The Kier molecular flexibility index (Phi) is 2.00. The van der Waals surface area contributed by atoms with Crippen LogP contribution in [0.3, 0.4) is 0 Å². The number of hydrogen-bond donors (Lipinski definition) is 0. The molecule has 0 saturated carbocycles. The summed E-state index contributed by atoms with van der Waals surface area (Å²) in [5.41, 5.74) is 2.69. The lowest BCUT2D eigenvalue weighted by Gasteiger charge is -1.91. The van der Waals surface area contributed by atoms with Crippen molar-refractivity contribution >= 4 is 6.29 Å². The molecule has 0 aromatic carbocycles. The summed E-state index contributed by atoms with van der Waals surface area (Å²) in [6.45, 7) is 0. The van der Waals surface area contributed by atoms with Crippen LogP contribution in [0.2, 0.25) is 0 Å². The first kappa shape index (κ1) is 8.46. The maximum Gasteiger partial charge on any atom is 0.152 e. The molecule has 2 heteroatoms. The van der Waals surface area contributed by atoms with Crippen LogP contribution < -0.4 is 0 Å². The van der Waals surface area contributed by atoms with Crippen molar-refractivity contribution in [1.82, 2.24) is 0 Å². The van der Waals surface area contributed by atoms with E-state index >= 15 is 0 Å². The molecule has 0 aromatic rings. The minimum atomic E-state index is 0.446. The number of aldehydes is 1. The van der Waals surface area contributed by atoms with Gasteiger partial charge in [0, 0.05) is 5.56 Å². The molecular weight excluding hydrogens is 174 g/mol. The van der Waals surface area contributed by atoms with E-state index in [0.29, 0.717) is 11.1 Å². The second-order valence-electron chi connectivity index (χ2n) is 2.98. The van der Waals surface area contributed by atoms with Crippen molar-refractivity contribution < 1.29 is 4.79 Å². The van der Waals surface area contributed by atoms with Gasteiger partial charge in [0.25, 0.3) is 0 Å². The van der Waals surface area contributed by atoms with E-state index in [9.17, 15) is 4.79 Å². The van der Waals surface area contributed by atoms with Gasteiger partial charge >= 0.3 is 0 Å². The molecule has 0 fully saturated rings. The van der Waals surface area contributed by atoms with Gasteiger partial charge in [0.1, 0.15) is 0 Å².